The number of hydrogen-bond acceptors (Lipinski definition) is 3. The average molecular weight is 197 g/mol. The van der Waals surface area contributed by atoms with Gasteiger partial charge in [-0.3, -0.25) is 9.63 Å². The van der Waals surface area contributed by atoms with Gasteiger partial charge in [0.25, 0.3) is 0 Å². The van der Waals surface area contributed by atoms with Gasteiger partial charge >= 0.3 is 0 Å². The quantitative estimate of drug-likeness (QED) is 0.557. The van der Waals surface area contributed by atoms with Gasteiger partial charge in [0.15, 0.2) is 0 Å². The largest absolute Gasteiger partial charge is 0.469 e. The SMILES string of the molecule is CCC(=O)NOCCCc1ccco1. The standard InChI is InChI=1S/C10H15NO3/c1-2-10(12)11-14-8-4-6-9-5-3-7-13-9/h3,5,7H,2,4,6,8H2,1H3,(H,11,12). The second kappa shape index (κ2) is 6.21. The lowest BCUT2D eigenvalue weighted by Crippen LogP contribution is -2.23. The molecule has 78 valence electrons. The van der Waals surface area contributed by atoms with Gasteiger partial charge in [0, 0.05) is 12.8 Å². The summed E-state index contributed by atoms with van der Waals surface area (Å²) < 4.78 is 5.14. The molecule has 0 saturated heterocycles. The van der Waals surface area contributed by atoms with Crippen molar-refractivity contribution in [3.63, 3.8) is 0 Å². The van der Waals surface area contributed by atoms with Gasteiger partial charge in [0.05, 0.1) is 12.9 Å². The Hall–Kier alpha value is -1.29. The molecule has 0 bridgehead atoms. The monoisotopic (exact) mass is 197 g/mol. The number of carbonyl (C=O) groups excluding carboxylic acids is 1. The predicted octanol–water partition coefficient (Wildman–Crippen LogP) is 1.67. The van der Waals surface area contributed by atoms with E-state index in [-0.39, 0.29) is 5.91 Å². The lowest BCUT2D eigenvalue weighted by atomic mass is 10.3. The Labute approximate surface area is 83.2 Å². The van der Waals surface area contributed by atoms with Crippen LogP contribution in [0.5, 0.6) is 0 Å². The van der Waals surface area contributed by atoms with Crippen LogP contribution < -0.4 is 5.48 Å². The molecule has 0 saturated carbocycles. The van der Waals surface area contributed by atoms with Gasteiger partial charge in [-0.15, -0.1) is 0 Å². The van der Waals surface area contributed by atoms with Crippen LogP contribution in [0.3, 0.4) is 0 Å². The summed E-state index contributed by atoms with van der Waals surface area (Å²) in [6, 6.07) is 3.78. The summed E-state index contributed by atoms with van der Waals surface area (Å²) in [6.07, 6.45) is 3.75. The molecule has 0 aromatic carbocycles. The zero-order chi connectivity index (χ0) is 10.2. The first-order chi connectivity index (χ1) is 6.83. The van der Waals surface area contributed by atoms with Gasteiger partial charge in [-0.05, 0) is 18.6 Å². The van der Waals surface area contributed by atoms with Gasteiger partial charge in [0.2, 0.25) is 5.91 Å². The minimum absolute atomic E-state index is 0.0944. The second-order valence-electron chi connectivity index (χ2n) is 2.91. The minimum atomic E-state index is -0.0944. The molecule has 0 radical (unpaired) electrons. The molecule has 1 heterocycles. The van der Waals surface area contributed by atoms with Crippen molar-refractivity contribution in [2.24, 2.45) is 0 Å². The summed E-state index contributed by atoms with van der Waals surface area (Å²) in [5, 5.41) is 0. The van der Waals surface area contributed by atoms with Crippen LogP contribution in [0, 0.1) is 0 Å². The molecule has 0 aliphatic rings. The van der Waals surface area contributed by atoms with E-state index >= 15 is 0 Å². The fourth-order valence-electron chi connectivity index (χ4n) is 0.977. The number of hydroxylamine groups is 1. The van der Waals surface area contributed by atoms with Crippen molar-refractivity contribution in [2.45, 2.75) is 26.2 Å². The van der Waals surface area contributed by atoms with E-state index < -0.39 is 0 Å². The molecule has 1 amide bonds. The Kier molecular flexibility index (Phi) is 4.78. The maximum Gasteiger partial charge on any atom is 0.243 e. The van der Waals surface area contributed by atoms with Crippen molar-refractivity contribution >= 4 is 5.91 Å². The van der Waals surface area contributed by atoms with Crippen LogP contribution in [0.15, 0.2) is 22.8 Å². The van der Waals surface area contributed by atoms with E-state index in [1.54, 1.807) is 13.2 Å². The number of aryl methyl sites for hydroxylation is 1. The Bertz CT molecular complexity index is 256. The number of furan rings is 1. The minimum Gasteiger partial charge on any atom is -0.469 e. The Morgan fingerprint density at radius 1 is 1.64 bits per heavy atom. The molecule has 1 aromatic rings. The number of rotatable bonds is 6. The smallest absolute Gasteiger partial charge is 0.243 e. The van der Waals surface area contributed by atoms with Crippen LogP contribution in [0.25, 0.3) is 0 Å². The van der Waals surface area contributed by atoms with E-state index in [9.17, 15) is 4.79 Å². The topological polar surface area (TPSA) is 51.5 Å². The fourth-order valence-corrected chi connectivity index (χ4v) is 0.977. The molecule has 0 spiro atoms. The predicted molar refractivity (Wildman–Crippen MR) is 51.4 cm³/mol. The third kappa shape index (κ3) is 4.09. The summed E-state index contributed by atoms with van der Waals surface area (Å²) in [6.45, 7) is 2.29. The summed E-state index contributed by atoms with van der Waals surface area (Å²) in [4.78, 5) is 15.7. The molecule has 4 nitrogen and oxygen atoms in total. The van der Waals surface area contributed by atoms with E-state index in [1.807, 2.05) is 12.1 Å². The molecule has 0 aliphatic carbocycles. The lowest BCUT2D eigenvalue weighted by molar-refractivity contribution is -0.133. The molecule has 1 aromatic heterocycles. The van der Waals surface area contributed by atoms with Crippen LogP contribution in [-0.4, -0.2) is 12.5 Å². The molecule has 1 rings (SSSR count). The van der Waals surface area contributed by atoms with Gasteiger partial charge in [-0.2, -0.15) is 0 Å². The Morgan fingerprint density at radius 2 is 2.50 bits per heavy atom. The molecule has 0 fully saturated rings. The molecule has 1 N–H and O–H groups in total. The van der Waals surface area contributed by atoms with E-state index in [0.29, 0.717) is 13.0 Å². The molecule has 0 atom stereocenters. The summed E-state index contributed by atoms with van der Waals surface area (Å²) in [5.74, 6) is 0.846. The molecular weight excluding hydrogens is 182 g/mol. The zero-order valence-corrected chi connectivity index (χ0v) is 8.29. The maximum atomic E-state index is 10.7. The van der Waals surface area contributed by atoms with Crippen molar-refractivity contribution in [1.82, 2.24) is 5.48 Å². The second-order valence-corrected chi connectivity index (χ2v) is 2.91. The van der Waals surface area contributed by atoms with Crippen molar-refractivity contribution in [1.29, 1.82) is 0 Å². The van der Waals surface area contributed by atoms with Crippen molar-refractivity contribution in [3.05, 3.63) is 24.2 Å². The molecular formula is C10H15NO3. The number of carbonyl (C=O) groups is 1. The molecule has 4 heteroatoms. The van der Waals surface area contributed by atoms with Crippen LogP contribution in [0.4, 0.5) is 0 Å². The number of hydrogen-bond donors (Lipinski definition) is 1. The average Bonchev–Trinajstić information content (AvgIpc) is 2.69. The van der Waals surface area contributed by atoms with Crippen LogP contribution in [0.1, 0.15) is 25.5 Å². The van der Waals surface area contributed by atoms with Crippen molar-refractivity contribution < 1.29 is 14.0 Å². The van der Waals surface area contributed by atoms with Gasteiger partial charge in [0.1, 0.15) is 5.76 Å². The summed E-state index contributed by atoms with van der Waals surface area (Å²) in [5.41, 5.74) is 2.34. The highest BCUT2D eigenvalue weighted by molar-refractivity contribution is 5.74. The van der Waals surface area contributed by atoms with Crippen LogP contribution >= 0.6 is 0 Å². The van der Waals surface area contributed by atoms with E-state index in [1.165, 1.54) is 0 Å². The Morgan fingerprint density at radius 3 is 3.14 bits per heavy atom. The number of nitrogens with one attached hydrogen (secondary N) is 1. The van der Waals surface area contributed by atoms with E-state index in [4.69, 9.17) is 9.25 Å². The third-order valence-electron chi connectivity index (χ3n) is 1.76. The van der Waals surface area contributed by atoms with E-state index in [2.05, 4.69) is 5.48 Å². The van der Waals surface area contributed by atoms with Crippen LogP contribution in [-0.2, 0) is 16.1 Å². The summed E-state index contributed by atoms with van der Waals surface area (Å²) in [7, 11) is 0. The highest BCUT2D eigenvalue weighted by atomic mass is 16.6. The highest BCUT2D eigenvalue weighted by Crippen LogP contribution is 2.02. The first-order valence-electron chi connectivity index (χ1n) is 4.76. The summed E-state index contributed by atoms with van der Waals surface area (Å²) >= 11 is 0. The number of amides is 1. The first kappa shape index (κ1) is 10.8. The molecule has 0 unspecified atom stereocenters. The highest BCUT2D eigenvalue weighted by Gasteiger charge is 1.97. The van der Waals surface area contributed by atoms with Crippen molar-refractivity contribution in [3.8, 4) is 0 Å². The normalized spacial score (nSPS) is 10.1. The maximum absolute atomic E-state index is 10.7. The molecule has 0 aliphatic heterocycles. The lowest BCUT2D eigenvalue weighted by Gasteiger charge is -2.02. The van der Waals surface area contributed by atoms with Crippen LogP contribution in [0.2, 0.25) is 0 Å². The van der Waals surface area contributed by atoms with Gasteiger partial charge in [-0.25, -0.2) is 5.48 Å². The zero-order valence-electron chi connectivity index (χ0n) is 8.29. The van der Waals surface area contributed by atoms with E-state index in [0.717, 1.165) is 18.6 Å². The molecule has 14 heavy (non-hydrogen) atoms. The Balaban J connectivity index is 1.97. The van der Waals surface area contributed by atoms with Crippen molar-refractivity contribution in [2.75, 3.05) is 6.61 Å². The first-order valence-corrected chi connectivity index (χ1v) is 4.76. The third-order valence-corrected chi connectivity index (χ3v) is 1.76. The van der Waals surface area contributed by atoms with Gasteiger partial charge in [-0.1, -0.05) is 6.92 Å². The van der Waals surface area contributed by atoms with Gasteiger partial charge < -0.3 is 4.42 Å². The fraction of sp³-hybridized carbons (Fsp3) is 0.500.